The first kappa shape index (κ1) is 12.2. The molecule has 2 N–H and O–H groups in total. The van der Waals surface area contributed by atoms with Gasteiger partial charge in [0.2, 0.25) is 11.7 Å². The maximum Gasteiger partial charge on any atom is 0.240 e. The molecular weight excluding hydrogens is 242 g/mol. The summed E-state index contributed by atoms with van der Waals surface area (Å²) in [5.74, 6) is 1.92. The van der Waals surface area contributed by atoms with Gasteiger partial charge in [-0.3, -0.25) is 0 Å². The average molecular weight is 259 g/mol. The maximum atomic E-state index is 5.82. The fourth-order valence-electron chi connectivity index (χ4n) is 2.46. The lowest BCUT2D eigenvalue weighted by atomic mass is 9.91. The van der Waals surface area contributed by atoms with Gasteiger partial charge in [0.25, 0.3) is 0 Å². The number of nitrogens with two attached hydrogens (primary N) is 1. The number of hydrogen-bond acceptors (Lipinski definition) is 5. The molecule has 1 aliphatic carbocycles. The molecule has 0 aliphatic heterocycles. The van der Waals surface area contributed by atoms with E-state index in [0.29, 0.717) is 18.3 Å². The van der Waals surface area contributed by atoms with Gasteiger partial charge in [-0.15, -0.1) is 0 Å². The standard InChI is InChI=1S/C14H17N3O2/c15-8-14-16-13(17-19-14)9-18-12-7-3-5-10-4-1-2-6-11(10)12/h3,5,7H,1-2,4,6,8-9,15H2. The van der Waals surface area contributed by atoms with E-state index in [1.807, 2.05) is 12.1 Å². The molecule has 5 nitrogen and oxygen atoms in total. The van der Waals surface area contributed by atoms with Gasteiger partial charge in [-0.05, 0) is 42.9 Å². The average Bonchev–Trinajstić information content (AvgIpc) is 2.93. The quantitative estimate of drug-likeness (QED) is 0.908. The van der Waals surface area contributed by atoms with Crippen molar-refractivity contribution in [3.63, 3.8) is 0 Å². The third-order valence-corrected chi connectivity index (χ3v) is 3.39. The molecule has 0 saturated carbocycles. The summed E-state index contributed by atoms with van der Waals surface area (Å²) >= 11 is 0. The van der Waals surface area contributed by atoms with Crippen molar-refractivity contribution in [1.82, 2.24) is 10.1 Å². The molecule has 1 aromatic carbocycles. The number of ether oxygens (including phenoxy) is 1. The minimum Gasteiger partial charge on any atom is -0.485 e. The predicted octanol–water partition coefficient (Wildman–Crippen LogP) is 1.99. The highest BCUT2D eigenvalue weighted by Gasteiger charge is 2.14. The Morgan fingerprint density at radius 2 is 2.16 bits per heavy atom. The number of benzene rings is 1. The SMILES string of the molecule is NCc1nc(COc2cccc3c2CCCC3)no1. The van der Waals surface area contributed by atoms with E-state index in [1.54, 1.807) is 0 Å². The number of aryl methyl sites for hydroxylation is 1. The van der Waals surface area contributed by atoms with Crippen molar-refractivity contribution in [2.24, 2.45) is 5.73 Å². The summed E-state index contributed by atoms with van der Waals surface area (Å²) in [6.07, 6.45) is 4.73. The Bertz CT molecular complexity index is 566. The van der Waals surface area contributed by atoms with Gasteiger partial charge in [0, 0.05) is 0 Å². The zero-order valence-electron chi connectivity index (χ0n) is 10.8. The highest BCUT2D eigenvalue weighted by molar-refractivity contribution is 5.41. The molecule has 0 saturated heterocycles. The Labute approximate surface area is 111 Å². The van der Waals surface area contributed by atoms with Crippen LogP contribution in [0.4, 0.5) is 0 Å². The molecular formula is C14H17N3O2. The molecule has 0 radical (unpaired) electrons. The van der Waals surface area contributed by atoms with Gasteiger partial charge in [-0.1, -0.05) is 17.3 Å². The van der Waals surface area contributed by atoms with Crippen LogP contribution in [0.3, 0.4) is 0 Å². The van der Waals surface area contributed by atoms with Crippen molar-refractivity contribution in [3.05, 3.63) is 41.0 Å². The molecule has 1 aliphatic rings. The largest absolute Gasteiger partial charge is 0.485 e. The molecule has 0 fully saturated rings. The summed E-state index contributed by atoms with van der Waals surface area (Å²) in [7, 11) is 0. The molecule has 19 heavy (non-hydrogen) atoms. The van der Waals surface area contributed by atoms with Crippen molar-refractivity contribution >= 4 is 0 Å². The highest BCUT2D eigenvalue weighted by atomic mass is 16.5. The molecule has 1 aromatic heterocycles. The first-order valence-electron chi connectivity index (χ1n) is 6.62. The fourth-order valence-corrected chi connectivity index (χ4v) is 2.46. The van der Waals surface area contributed by atoms with E-state index < -0.39 is 0 Å². The zero-order chi connectivity index (χ0) is 13.1. The normalized spacial score (nSPS) is 14.2. The van der Waals surface area contributed by atoms with Crippen molar-refractivity contribution in [2.45, 2.75) is 38.8 Å². The van der Waals surface area contributed by atoms with E-state index >= 15 is 0 Å². The summed E-state index contributed by atoms with van der Waals surface area (Å²) in [6, 6.07) is 6.23. The van der Waals surface area contributed by atoms with Crippen LogP contribution in [0.2, 0.25) is 0 Å². The molecule has 100 valence electrons. The molecule has 0 unspecified atom stereocenters. The topological polar surface area (TPSA) is 74.2 Å². The minimum absolute atomic E-state index is 0.258. The van der Waals surface area contributed by atoms with Crippen molar-refractivity contribution in [2.75, 3.05) is 0 Å². The monoisotopic (exact) mass is 259 g/mol. The zero-order valence-corrected chi connectivity index (χ0v) is 10.8. The van der Waals surface area contributed by atoms with Crippen LogP contribution >= 0.6 is 0 Å². The Morgan fingerprint density at radius 1 is 1.26 bits per heavy atom. The summed E-state index contributed by atoms with van der Waals surface area (Å²) in [4.78, 5) is 4.13. The van der Waals surface area contributed by atoms with Crippen molar-refractivity contribution in [1.29, 1.82) is 0 Å². The van der Waals surface area contributed by atoms with Gasteiger partial charge in [0.15, 0.2) is 6.61 Å². The van der Waals surface area contributed by atoms with Gasteiger partial charge in [0.05, 0.1) is 6.54 Å². The number of aromatic nitrogens is 2. The van der Waals surface area contributed by atoms with Crippen LogP contribution in [0.15, 0.2) is 22.7 Å². The van der Waals surface area contributed by atoms with Crippen LogP contribution < -0.4 is 10.5 Å². The fraction of sp³-hybridized carbons (Fsp3) is 0.429. The maximum absolute atomic E-state index is 5.82. The van der Waals surface area contributed by atoms with E-state index in [4.69, 9.17) is 15.0 Å². The number of rotatable bonds is 4. The molecule has 1 heterocycles. The van der Waals surface area contributed by atoms with E-state index in [1.165, 1.54) is 24.0 Å². The van der Waals surface area contributed by atoms with Crippen LogP contribution in [-0.4, -0.2) is 10.1 Å². The van der Waals surface area contributed by atoms with Gasteiger partial charge in [-0.25, -0.2) is 0 Å². The van der Waals surface area contributed by atoms with Crippen LogP contribution in [0.5, 0.6) is 5.75 Å². The molecule has 5 heteroatoms. The van der Waals surface area contributed by atoms with Crippen LogP contribution in [0.1, 0.15) is 35.7 Å². The molecule has 0 spiro atoms. The Hall–Kier alpha value is -1.88. The molecule has 0 atom stereocenters. The first-order chi connectivity index (χ1) is 9.36. The Morgan fingerprint density at radius 3 is 3.00 bits per heavy atom. The smallest absolute Gasteiger partial charge is 0.240 e. The third kappa shape index (κ3) is 2.61. The predicted molar refractivity (Wildman–Crippen MR) is 69.6 cm³/mol. The van der Waals surface area contributed by atoms with E-state index in [-0.39, 0.29) is 6.54 Å². The second-order valence-electron chi connectivity index (χ2n) is 4.70. The van der Waals surface area contributed by atoms with Crippen LogP contribution in [0.25, 0.3) is 0 Å². The highest BCUT2D eigenvalue weighted by Crippen LogP contribution is 2.29. The summed E-state index contributed by atoms with van der Waals surface area (Å²) in [5.41, 5.74) is 8.16. The lowest BCUT2D eigenvalue weighted by molar-refractivity contribution is 0.281. The lowest BCUT2D eigenvalue weighted by Gasteiger charge is -2.18. The Balaban J connectivity index is 1.73. The third-order valence-electron chi connectivity index (χ3n) is 3.39. The van der Waals surface area contributed by atoms with Crippen LogP contribution in [0, 0.1) is 0 Å². The van der Waals surface area contributed by atoms with Gasteiger partial charge < -0.3 is 15.0 Å². The molecule has 0 amide bonds. The van der Waals surface area contributed by atoms with Crippen molar-refractivity contribution in [3.8, 4) is 5.75 Å². The van der Waals surface area contributed by atoms with Crippen molar-refractivity contribution < 1.29 is 9.26 Å². The van der Waals surface area contributed by atoms with Crippen LogP contribution in [-0.2, 0) is 26.0 Å². The lowest BCUT2D eigenvalue weighted by Crippen LogP contribution is -2.07. The van der Waals surface area contributed by atoms with E-state index in [9.17, 15) is 0 Å². The number of hydrogen-bond donors (Lipinski definition) is 1. The summed E-state index contributed by atoms with van der Waals surface area (Å²) in [6.45, 7) is 0.577. The second-order valence-corrected chi connectivity index (χ2v) is 4.70. The molecule has 0 bridgehead atoms. The second kappa shape index (κ2) is 5.40. The van der Waals surface area contributed by atoms with Gasteiger partial charge >= 0.3 is 0 Å². The van der Waals surface area contributed by atoms with E-state index in [0.717, 1.165) is 18.6 Å². The first-order valence-corrected chi connectivity index (χ1v) is 6.62. The van der Waals surface area contributed by atoms with Gasteiger partial charge in [-0.2, -0.15) is 4.98 Å². The summed E-state index contributed by atoms with van der Waals surface area (Å²) in [5, 5.41) is 3.82. The molecule has 3 rings (SSSR count). The molecule has 2 aromatic rings. The Kier molecular flexibility index (Phi) is 3.46. The number of nitrogens with zero attached hydrogens (tertiary/aromatic N) is 2. The minimum atomic E-state index is 0.258. The van der Waals surface area contributed by atoms with Gasteiger partial charge in [0.1, 0.15) is 5.75 Å². The van der Waals surface area contributed by atoms with E-state index in [2.05, 4.69) is 16.2 Å². The number of fused-ring (bicyclic) bond motifs is 1. The summed E-state index contributed by atoms with van der Waals surface area (Å²) < 4.78 is 10.8.